The number of carbonyl (C=O) groups excluding carboxylic acids is 1. The number of nitrogens with one attached hydrogen (secondary N) is 3. The summed E-state index contributed by atoms with van der Waals surface area (Å²) < 4.78 is 0. The molecule has 1 amide bonds. The molecule has 0 unspecified atom stereocenters. The van der Waals surface area contributed by atoms with E-state index in [4.69, 9.17) is 16.9 Å². The standard InChI is InChI=1S/C14H14ClN7O/c1-8(2)18-14(23)11-4-3-10(5-12(11)15)17-7-9(6-16)13-19-21-22-20-13/h3-5,7-8,17H,1-2H3,(H,18,23)(H,19,20,21,22). The minimum atomic E-state index is -0.239. The van der Waals surface area contributed by atoms with Gasteiger partial charge in [-0.05, 0) is 37.3 Å². The third-order valence-electron chi connectivity index (χ3n) is 2.72. The van der Waals surface area contributed by atoms with Crippen molar-refractivity contribution in [3.05, 3.63) is 40.8 Å². The lowest BCUT2D eigenvalue weighted by Crippen LogP contribution is -2.30. The van der Waals surface area contributed by atoms with E-state index in [2.05, 4.69) is 31.3 Å². The van der Waals surface area contributed by atoms with Crippen LogP contribution in [0.2, 0.25) is 5.02 Å². The number of H-pyrrole nitrogens is 1. The van der Waals surface area contributed by atoms with Crippen LogP contribution in [-0.4, -0.2) is 32.6 Å². The van der Waals surface area contributed by atoms with Crippen molar-refractivity contribution < 1.29 is 4.79 Å². The Hall–Kier alpha value is -2.92. The summed E-state index contributed by atoms with van der Waals surface area (Å²) in [6.07, 6.45) is 1.43. The van der Waals surface area contributed by atoms with Gasteiger partial charge in [-0.1, -0.05) is 11.6 Å². The first-order valence-corrected chi connectivity index (χ1v) is 7.10. The highest BCUT2D eigenvalue weighted by Gasteiger charge is 2.12. The summed E-state index contributed by atoms with van der Waals surface area (Å²) in [6, 6.07) is 6.86. The number of rotatable bonds is 5. The summed E-state index contributed by atoms with van der Waals surface area (Å²) in [4.78, 5) is 12.0. The topological polar surface area (TPSA) is 119 Å². The van der Waals surface area contributed by atoms with Crippen LogP contribution in [0.25, 0.3) is 5.57 Å². The molecular formula is C14H14ClN7O. The minimum Gasteiger partial charge on any atom is -0.360 e. The molecule has 0 saturated heterocycles. The predicted molar refractivity (Wildman–Crippen MR) is 85.4 cm³/mol. The second kappa shape index (κ2) is 7.38. The number of allylic oxidation sites excluding steroid dienone is 1. The molecule has 118 valence electrons. The van der Waals surface area contributed by atoms with Crippen LogP contribution in [-0.2, 0) is 0 Å². The number of aromatic nitrogens is 4. The smallest absolute Gasteiger partial charge is 0.252 e. The van der Waals surface area contributed by atoms with Crippen molar-refractivity contribution in [1.29, 1.82) is 5.26 Å². The zero-order chi connectivity index (χ0) is 16.8. The van der Waals surface area contributed by atoms with Crippen LogP contribution >= 0.6 is 11.6 Å². The van der Waals surface area contributed by atoms with E-state index in [-0.39, 0.29) is 23.3 Å². The normalized spacial score (nSPS) is 11.2. The number of carbonyl (C=O) groups is 1. The zero-order valence-corrected chi connectivity index (χ0v) is 13.2. The van der Waals surface area contributed by atoms with Crippen LogP contribution in [0.1, 0.15) is 30.0 Å². The maximum absolute atomic E-state index is 12.0. The van der Waals surface area contributed by atoms with Gasteiger partial charge < -0.3 is 10.6 Å². The highest BCUT2D eigenvalue weighted by molar-refractivity contribution is 6.34. The Kier molecular flexibility index (Phi) is 5.28. The molecule has 0 aliphatic carbocycles. The van der Waals surface area contributed by atoms with Crippen LogP contribution in [0, 0.1) is 11.3 Å². The average molecular weight is 332 g/mol. The number of halogens is 1. The first-order valence-electron chi connectivity index (χ1n) is 6.72. The molecular weight excluding hydrogens is 318 g/mol. The summed E-state index contributed by atoms with van der Waals surface area (Å²) in [5.41, 5.74) is 1.21. The van der Waals surface area contributed by atoms with E-state index in [1.165, 1.54) is 6.20 Å². The fourth-order valence-electron chi connectivity index (χ4n) is 1.71. The monoisotopic (exact) mass is 331 g/mol. The van der Waals surface area contributed by atoms with Crippen LogP contribution in [0.4, 0.5) is 5.69 Å². The average Bonchev–Trinajstić information content (AvgIpc) is 3.01. The molecule has 1 aromatic carbocycles. The SMILES string of the molecule is CC(C)NC(=O)c1ccc(NC=C(C#N)c2nn[nH]n2)cc1Cl. The van der Waals surface area contributed by atoms with Crippen molar-refractivity contribution in [2.24, 2.45) is 0 Å². The van der Waals surface area contributed by atoms with Crippen molar-refractivity contribution in [2.45, 2.75) is 19.9 Å². The van der Waals surface area contributed by atoms with Gasteiger partial charge in [0.1, 0.15) is 11.6 Å². The molecule has 9 heteroatoms. The van der Waals surface area contributed by atoms with Crippen LogP contribution in [0.3, 0.4) is 0 Å². The third-order valence-corrected chi connectivity index (χ3v) is 3.04. The quantitative estimate of drug-likeness (QED) is 0.720. The Morgan fingerprint density at radius 2 is 2.26 bits per heavy atom. The van der Waals surface area contributed by atoms with Gasteiger partial charge in [0.2, 0.25) is 5.82 Å². The molecule has 0 radical (unpaired) electrons. The molecule has 0 aliphatic heterocycles. The number of aromatic amines is 1. The summed E-state index contributed by atoms with van der Waals surface area (Å²) in [5, 5.41) is 28.2. The van der Waals surface area contributed by atoms with Gasteiger partial charge in [0.05, 0.1) is 10.6 Å². The lowest BCUT2D eigenvalue weighted by Gasteiger charge is -2.10. The summed E-state index contributed by atoms with van der Waals surface area (Å²) in [5.74, 6) is -0.0596. The van der Waals surface area contributed by atoms with E-state index in [9.17, 15) is 4.79 Å². The number of tetrazole rings is 1. The van der Waals surface area contributed by atoms with E-state index in [0.29, 0.717) is 16.3 Å². The zero-order valence-electron chi connectivity index (χ0n) is 12.5. The first kappa shape index (κ1) is 16.5. The van der Waals surface area contributed by atoms with Gasteiger partial charge in [0, 0.05) is 17.9 Å². The second-order valence-electron chi connectivity index (χ2n) is 4.87. The predicted octanol–water partition coefficient (Wildman–Crippen LogP) is 1.97. The highest BCUT2D eigenvalue weighted by atomic mass is 35.5. The molecule has 0 fully saturated rings. The first-order chi connectivity index (χ1) is 11.0. The van der Waals surface area contributed by atoms with Crippen molar-refractivity contribution >= 4 is 28.8 Å². The molecule has 0 bridgehead atoms. The van der Waals surface area contributed by atoms with Crippen molar-refractivity contribution in [1.82, 2.24) is 25.9 Å². The van der Waals surface area contributed by atoms with Gasteiger partial charge in [-0.25, -0.2) is 0 Å². The van der Waals surface area contributed by atoms with Gasteiger partial charge in [-0.3, -0.25) is 4.79 Å². The Bertz CT molecular complexity index is 762. The Balaban J connectivity index is 2.15. The highest BCUT2D eigenvalue weighted by Crippen LogP contribution is 2.21. The third kappa shape index (κ3) is 4.28. The number of nitriles is 1. The number of hydrogen-bond acceptors (Lipinski definition) is 6. The van der Waals surface area contributed by atoms with E-state index in [1.54, 1.807) is 18.2 Å². The molecule has 8 nitrogen and oxygen atoms in total. The molecule has 0 aliphatic rings. The molecule has 1 aromatic heterocycles. The Morgan fingerprint density at radius 3 is 2.83 bits per heavy atom. The fraction of sp³-hybridized carbons (Fsp3) is 0.214. The molecule has 3 N–H and O–H groups in total. The van der Waals surface area contributed by atoms with Gasteiger partial charge in [0.15, 0.2) is 0 Å². The molecule has 1 heterocycles. The lowest BCUT2D eigenvalue weighted by molar-refractivity contribution is 0.0943. The molecule has 0 atom stereocenters. The van der Waals surface area contributed by atoms with Gasteiger partial charge in [-0.15, -0.1) is 10.2 Å². The lowest BCUT2D eigenvalue weighted by atomic mass is 10.1. The number of amides is 1. The van der Waals surface area contributed by atoms with Crippen molar-refractivity contribution in [3.63, 3.8) is 0 Å². The van der Waals surface area contributed by atoms with E-state index < -0.39 is 0 Å². The van der Waals surface area contributed by atoms with Crippen LogP contribution in [0.15, 0.2) is 24.4 Å². The number of nitrogens with zero attached hydrogens (tertiary/aromatic N) is 4. The maximum atomic E-state index is 12.0. The van der Waals surface area contributed by atoms with Gasteiger partial charge in [-0.2, -0.15) is 10.5 Å². The molecule has 0 saturated carbocycles. The number of benzene rings is 1. The van der Waals surface area contributed by atoms with Crippen LogP contribution in [0.5, 0.6) is 0 Å². The number of hydrogen-bond donors (Lipinski definition) is 3. The van der Waals surface area contributed by atoms with E-state index in [0.717, 1.165) is 0 Å². The minimum absolute atomic E-state index is 0.0208. The van der Waals surface area contributed by atoms with Gasteiger partial charge >= 0.3 is 0 Å². The Morgan fingerprint density at radius 1 is 1.48 bits per heavy atom. The molecule has 0 spiro atoms. The summed E-state index contributed by atoms with van der Waals surface area (Å²) in [6.45, 7) is 3.74. The maximum Gasteiger partial charge on any atom is 0.252 e. The Labute approximate surface area is 137 Å². The van der Waals surface area contributed by atoms with Crippen LogP contribution < -0.4 is 10.6 Å². The molecule has 2 aromatic rings. The van der Waals surface area contributed by atoms with Crippen molar-refractivity contribution in [2.75, 3.05) is 5.32 Å². The molecule has 23 heavy (non-hydrogen) atoms. The summed E-state index contributed by atoms with van der Waals surface area (Å²) >= 11 is 6.13. The largest absolute Gasteiger partial charge is 0.360 e. The van der Waals surface area contributed by atoms with Gasteiger partial charge in [0.25, 0.3) is 5.91 Å². The number of anilines is 1. The molecule has 2 rings (SSSR count). The summed E-state index contributed by atoms with van der Waals surface area (Å²) in [7, 11) is 0. The van der Waals surface area contributed by atoms with E-state index >= 15 is 0 Å². The van der Waals surface area contributed by atoms with E-state index in [1.807, 2.05) is 19.9 Å². The second-order valence-corrected chi connectivity index (χ2v) is 5.28. The van der Waals surface area contributed by atoms with Crippen molar-refractivity contribution in [3.8, 4) is 6.07 Å². The fourth-order valence-corrected chi connectivity index (χ4v) is 1.97.